The first kappa shape index (κ1) is 21.8. The molecule has 0 aromatic carbocycles. The van der Waals surface area contributed by atoms with Crippen LogP contribution in [0.25, 0.3) is 11.2 Å². The smallest absolute Gasteiger partial charge is 0.177 e. The molecule has 2 heterocycles. The third kappa shape index (κ3) is 5.79. The topological polar surface area (TPSA) is 75.0 Å². The van der Waals surface area contributed by atoms with E-state index >= 15 is 0 Å². The summed E-state index contributed by atoms with van der Waals surface area (Å²) in [7, 11) is -1.08. The average Bonchev–Trinajstić information content (AvgIpc) is 3.35. The van der Waals surface area contributed by atoms with E-state index in [1.54, 1.807) is 6.33 Å². The van der Waals surface area contributed by atoms with Crippen LogP contribution in [-0.2, 0) is 22.8 Å². The lowest BCUT2D eigenvalue weighted by atomic mass is 10.1. The average molecular weight is 423 g/mol. The number of fused-ring (bicyclic) bond motifs is 1. The fraction of sp³-hybridized carbons (Fsp3) is 0.700. The summed E-state index contributed by atoms with van der Waals surface area (Å²) in [6, 6.07) is 5.27. The van der Waals surface area contributed by atoms with Gasteiger partial charge >= 0.3 is 0 Å². The van der Waals surface area contributed by atoms with Crippen LogP contribution in [0.5, 0.6) is 0 Å². The maximum atomic E-state index is 12.6. The van der Waals surface area contributed by atoms with E-state index in [1.165, 1.54) is 0 Å². The molecular weight excluding hydrogens is 388 g/mol. The Kier molecular flexibility index (Phi) is 6.56. The lowest BCUT2D eigenvalue weighted by Crippen LogP contribution is -2.42. The molecule has 1 fully saturated rings. The summed E-state index contributed by atoms with van der Waals surface area (Å²) in [5.74, 6) is 0.503. The zero-order valence-corrected chi connectivity index (χ0v) is 19.8. The standard InChI is InChI=1S/C20H34N4O2SSi/c1-20(2,3)27(25)23-18(15-7-8-15)16-9-10-17-19(22-16)21-13-24(17)14-26-11-12-28(4,5)6/h9-10,13,15,18,23H,7-8,11-12,14H2,1-6H3/t18-,27-/m1/s1. The minimum Gasteiger partial charge on any atom is -0.598 e. The van der Waals surface area contributed by atoms with Crippen LogP contribution < -0.4 is 4.72 Å². The lowest BCUT2D eigenvalue weighted by Gasteiger charge is -2.27. The van der Waals surface area contributed by atoms with Crippen LogP contribution in [0.15, 0.2) is 18.5 Å². The summed E-state index contributed by atoms with van der Waals surface area (Å²) < 4.78 is 23.5. The molecule has 2 aromatic heterocycles. The van der Waals surface area contributed by atoms with Crippen molar-refractivity contribution in [3.63, 3.8) is 0 Å². The number of aromatic nitrogens is 3. The summed E-state index contributed by atoms with van der Waals surface area (Å²) in [5, 5.41) is 0. The van der Waals surface area contributed by atoms with Crippen molar-refractivity contribution in [2.75, 3.05) is 6.61 Å². The lowest BCUT2D eigenvalue weighted by molar-refractivity contribution is 0.0898. The number of rotatable bonds is 9. The second kappa shape index (κ2) is 8.43. The summed E-state index contributed by atoms with van der Waals surface area (Å²) in [5.41, 5.74) is 2.63. The molecule has 0 bridgehead atoms. The van der Waals surface area contributed by atoms with Crippen LogP contribution in [0.3, 0.4) is 0 Å². The number of nitrogens with zero attached hydrogens (tertiary/aromatic N) is 3. The highest BCUT2D eigenvalue weighted by molar-refractivity contribution is 7.90. The highest BCUT2D eigenvalue weighted by Gasteiger charge is 2.39. The molecular formula is C20H34N4O2SSi. The number of nitrogens with one attached hydrogen (secondary N) is 1. The number of pyridine rings is 1. The number of ether oxygens (including phenoxy) is 1. The van der Waals surface area contributed by atoms with Crippen LogP contribution in [-0.4, -0.2) is 38.5 Å². The van der Waals surface area contributed by atoms with E-state index < -0.39 is 19.4 Å². The van der Waals surface area contributed by atoms with Crippen LogP contribution in [0.2, 0.25) is 25.7 Å². The van der Waals surface area contributed by atoms with Gasteiger partial charge in [0.25, 0.3) is 0 Å². The summed E-state index contributed by atoms with van der Waals surface area (Å²) >= 11 is -1.12. The van der Waals surface area contributed by atoms with Crippen molar-refractivity contribution in [3.8, 4) is 0 Å². The fourth-order valence-electron chi connectivity index (χ4n) is 2.90. The maximum Gasteiger partial charge on any atom is 0.177 e. The molecule has 0 amide bonds. The number of imidazole rings is 1. The maximum absolute atomic E-state index is 12.6. The Labute approximate surface area is 172 Å². The summed E-state index contributed by atoms with van der Waals surface area (Å²) in [4.78, 5) is 9.26. The van der Waals surface area contributed by atoms with Gasteiger partial charge in [0, 0.05) is 26.0 Å². The first-order valence-electron chi connectivity index (χ1n) is 10.1. The first-order valence-corrected chi connectivity index (χ1v) is 15.0. The second-order valence-corrected chi connectivity index (χ2v) is 17.6. The molecule has 2 aromatic rings. The predicted octanol–water partition coefficient (Wildman–Crippen LogP) is 4.25. The van der Waals surface area contributed by atoms with Crippen molar-refractivity contribution in [1.29, 1.82) is 0 Å². The van der Waals surface area contributed by atoms with Gasteiger partial charge in [-0.3, -0.25) is 0 Å². The van der Waals surface area contributed by atoms with Gasteiger partial charge in [0.05, 0.1) is 23.6 Å². The molecule has 6 nitrogen and oxygen atoms in total. The molecule has 2 atom stereocenters. The molecule has 0 unspecified atom stereocenters. The van der Waals surface area contributed by atoms with E-state index in [1.807, 2.05) is 31.4 Å². The van der Waals surface area contributed by atoms with Crippen molar-refractivity contribution in [2.45, 2.75) is 76.8 Å². The quantitative estimate of drug-likeness (QED) is 0.371. The SMILES string of the molecule is CC(C)(C)[S@@+]([O-])N[C@@H](c1ccc2c(ncn2COCC[Si](C)(C)C)n1)C1CC1. The highest BCUT2D eigenvalue weighted by Crippen LogP contribution is 2.41. The third-order valence-corrected chi connectivity index (χ3v) is 8.22. The van der Waals surface area contributed by atoms with Crippen LogP contribution in [0.4, 0.5) is 0 Å². The largest absolute Gasteiger partial charge is 0.598 e. The summed E-state index contributed by atoms with van der Waals surface area (Å²) in [6.45, 7) is 14.3. The van der Waals surface area contributed by atoms with Gasteiger partial charge in [0.15, 0.2) is 5.65 Å². The van der Waals surface area contributed by atoms with Gasteiger partial charge in [-0.15, -0.1) is 4.72 Å². The highest BCUT2D eigenvalue weighted by atomic mass is 32.2. The fourth-order valence-corrected chi connectivity index (χ4v) is 4.55. The van der Waals surface area contributed by atoms with Gasteiger partial charge in [0.2, 0.25) is 0 Å². The number of hydrogen-bond acceptors (Lipinski definition) is 5. The van der Waals surface area contributed by atoms with Gasteiger partial charge < -0.3 is 13.9 Å². The molecule has 3 rings (SSSR count). The molecule has 156 valence electrons. The second-order valence-electron chi connectivity index (χ2n) is 9.96. The monoisotopic (exact) mass is 422 g/mol. The molecule has 0 spiro atoms. The Morgan fingerprint density at radius 2 is 2.04 bits per heavy atom. The minimum atomic E-state index is -1.12. The van der Waals surface area contributed by atoms with Gasteiger partial charge in [0.1, 0.15) is 11.5 Å². The van der Waals surface area contributed by atoms with Crippen molar-refractivity contribution in [3.05, 3.63) is 24.2 Å². The van der Waals surface area contributed by atoms with Crippen molar-refractivity contribution < 1.29 is 9.29 Å². The Hall–Kier alpha value is -0.933. The van der Waals surface area contributed by atoms with Crippen LogP contribution >= 0.6 is 0 Å². The zero-order valence-electron chi connectivity index (χ0n) is 18.0. The Morgan fingerprint density at radius 1 is 1.32 bits per heavy atom. The van der Waals surface area contributed by atoms with E-state index in [2.05, 4.69) is 35.4 Å². The molecule has 0 radical (unpaired) electrons. The molecule has 28 heavy (non-hydrogen) atoms. The van der Waals surface area contributed by atoms with Crippen LogP contribution in [0, 0.1) is 5.92 Å². The number of hydrogen-bond donors (Lipinski definition) is 1. The molecule has 8 heteroatoms. The van der Waals surface area contributed by atoms with Crippen molar-refractivity contribution >= 4 is 30.6 Å². The predicted molar refractivity (Wildman–Crippen MR) is 118 cm³/mol. The van der Waals surface area contributed by atoms with E-state index in [-0.39, 0.29) is 10.8 Å². The molecule has 1 aliphatic carbocycles. The molecule has 1 aliphatic rings. The first-order chi connectivity index (χ1) is 13.0. The summed E-state index contributed by atoms with van der Waals surface area (Å²) in [6.07, 6.45) is 4.10. The zero-order chi connectivity index (χ0) is 20.5. The van der Waals surface area contributed by atoms with E-state index in [0.29, 0.717) is 12.6 Å². The minimum absolute atomic E-state index is 0.0163. The van der Waals surface area contributed by atoms with Crippen molar-refractivity contribution in [1.82, 2.24) is 19.3 Å². The van der Waals surface area contributed by atoms with E-state index in [0.717, 1.165) is 42.4 Å². The molecule has 0 aliphatic heterocycles. The Morgan fingerprint density at radius 3 is 2.64 bits per heavy atom. The van der Waals surface area contributed by atoms with E-state index in [9.17, 15) is 4.55 Å². The Bertz CT molecular complexity index is 796. The van der Waals surface area contributed by atoms with Crippen molar-refractivity contribution in [2.24, 2.45) is 5.92 Å². The molecule has 0 saturated heterocycles. The normalized spacial score (nSPS) is 17.8. The third-order valence-electron chi connectivity index (χ3n) is 4.93. The van der Waals surface area contributed by atoms with Gasteiger partial charge in [-0.2, -0.15) is 0 Å². The van der Waals surface area contributed by atoms with Gasteiger partial charge in [-0.05, 0) is 57.7 Å². The molecule has 1 saturated carbocycles. The van der Waals surface area contributed by atoms with Gasteiger partial charge in [-0.1, -0.05) is 19.6 Å². The van der Waals surface area contributed by atoms with E-state index in [4.69, 9.17) is 9.72 Å². The van der Waals surface area contributed by atoms with Gasteiger partial charge in [-0.25, -0.2) is 9.97 Å². The van der Waals surface area contributed by atoms with Crippen LogP contribution in [0.1, 0.15) is 45.3 Å². The Balaban J connectivity index is 1.70. The molecule has 1 N–H and O–H groups in total.